The van der Waals surface area contributed by atoms with Gasteiger partial charge in [-0.15, -0.1) is 0 Å². The highest BCUT2D eigenvalue weighted by atomic mass is 79.9. The van der Waals surface area contributed by atoms with Crippen LogP contribution >= 0.6 is 15.9 Å². The zero-order valence-corrected chi connectivity index (χ0v) is 14.1. The van der Waals surface area contributed by atoms with Gasteiger partial charge in [0.15, 0.2) is 0 Å². The summed E-state index contributed by atoms with van der Waals surface area (Å²) in [5, 5.41) is 3.29. The number of halogens is 1. The minimum absolute atomic E-state index is 0.244. The fourth-order valence-electron chi connectivity index (χ4n) is 2.87. The highest BCUT2D eigenvalue weighted by Gasteiger charge is 2.26. The van der Waals surface area contributed by atoms with Crippen LogP contribution in [0.4, 0.5) is 0 Å². The molecule has 1 saturated heterocycles. The van der Waals surface area contributed by atoms with Gasteiger partial charge in [-0.05, 0) is 44.0 Å². The molecule has 1 aromatic carbocycles. The lowest BCUT2D eigenvalue weighted by atomic mass is 10.1. The van der Waals surface area contributed by atoms with Gasteiger partial charge in [-0.2, -0.15) is 0 Å². The largest absolute Gasteiger partial charge is 0.492 e. The molecule has 1 unspecified atom stereocenters. The van der Waals surface area contributed by atoms with Crippen LogP contribution in [0.1, 0.15) is 18.4 Å². The van der Waals surface area contributed by atoms with Gasteiger partial charge in [0.25, 0.3) is 0 Å². The molecule has 1 fully saturated rings. The van der Waals surface area contributed by atoms with Crippen molar-refractivity contribution in [2.45, 2.75) is 24.2 Å². The van der Waals surface area contributed by atoms with Crippen molar-refractivity contribution in [1.82, 2.24) is 10.0 Å². The second-order valence-electron chi connectivity index (χ2n) is 5.54. The average molecular weight is 375 g/mol. The molecule has 0 aliphatic carbocycles. The number of sulfonamides is 1. The number of fused-ring (bicyclic) bond motifs is 1. The molecule has 2 aliphatic heterocycles. The molecule has 2 N–H and O–H groups in total. The van der Waals surface area contributed by atoms with Crippen LogP contribution in [0.25, 0.3) is 0 Å². The lowest BCUT2D eigenvalue weighted by Crippen LogP contribution is -2.27. The van der Waals surface area contributed by atoms with Crippen molar-refractivity contribution in [1.29, 1.82) is 0 Å². The first kappa shape index (κ1) is 15.3. The molecule has 0 radical (unpaired) electrons. The molecule has 116 valence electrons. The van der Waals surface area contributed by atoms with E-state index in [0.717, 1.165) is 42.4 Å². The molecule has 5 nitrogen and oxygen atoms in total. The van der Waals surface area contributed by atoms with Gasteiger partial charge in [-0.3, -0.25) is 0 Å². The molecule has 0 amide bonds. The van der Waals surface area contributed by atoms with Crippen molar-refractivity contribution in [3.8, 4) is 5.75 Å². The van der Waals surface area contributed by atoms with E-state index in [1.807, 2.05) is 6.07 Å². The standard InChI is InChI=1S/C14H19BrN2O3S/c15-12-7-11-3-6-20-14(11)13(8-12)21(18,19)17-5-2-10-1-4-16-9-10/h7-8,10,16-17H,1-6,9H2. The third-order valence-corrected chi connectivity index (χ3v) is 5.94. The molecule has 0 bridgehead atoms. The van der Waals surface area contributed by atoms with Gasteiger partial charge in [0.2, 0.25) is 10.0 Å². The maximum absolute atomic E-state index is 12.5. The Morgan fingerprint density at radius 3 is 3.05 bits per heavy atom. The van der Waals surface area contributed by atoms with Crippen LogP contribution in [0.3, 0.4) is 0 Å². The van der Waals surface area contributed by atoms with E-state index in [2.05, 4.69) is 26.0 Å². The number of rotatable bonds is 5. The number of benzene rings is 1. The molecule has 2 heterocycles. The summed E-state index contributed by atoms with van der Waals surface area (Å²) in [7, 11) is -3.53. The molecule has 1 aromatic rings. The van der Waals surface area contributed by atoms with Crippen molar-refractivity contribution < 1.29 is 13.2 Å². The summed E-state index contributed by atoms with van der Waals surface area (Å²) in [6, 6.07) is 3.54. The van der Waals surface area contributed by atoms with Crippen molar-refractivity contribution >= 4 is 26.0 Å². The summed E-state index contributed by atoms with van der Waals surface area (Å²) in [5.74, 6) is 1.07. The van der Waals surface area contributed by atoms with E-state index in [4.69, 9.17) is 4.74 Å². The van der Waals surface area contributed by atoms with Crippen LogP contribution in [0, 0.1) is 5.92 Å². The number of nitrogens with one attached hydrogen (secondary N) is 2. The highest BCUT2D eigenvalue weighted by molar-refractivity contribution is 9.10. The Bertz CT molecular complexity index is 627. The first-order valence-electron chi connectivity index (χ1n) is 7.22. The predicted molar refractivity (Wildman–Crippen MR) is 84.1 cm³/mol. The smallest absolute Gasteiger partial charge is 0.244 e. The van der Waals surface area contributed by atoms with Crippen LogP contribution in [0.2, 0.25) is 0 Å². The first-order valence-corrected chi connectivity index (χ1v) is 9.49. The summed E-state index contributed by atoms with van der Waals surface area (Å²) >= 11 is 3.37. The highest BCUT2D eigenvalue weighted by Crippen LogP contribution is 2.35. The molecule has 0 spiro atoms. The van der Waals surface area contributed by atoms with Crippen LogP contribution in [-0.2, 0) is 16.4 Å². The topological polar surface area (TPSA) is 67.4 Å². The SMILES string of the molecule is O=S(=O)(NCCC1CCNC1)c1cc(Br)cc2c1OCC2. The van der Waals surface area contributed by atoms with Crippen LogP contribution in [0.15, 0.2) is 21.5 Å². The van der Waals surface area contributed by atoms with Gasteiger partial charge in [0.05, 0.1) is 6.61 Å². The fourth-order valence-corrected chi connectivity index (χ4v) is 4.79. The Balaban J connectivity index is 1.72. The Labute approximate surface area is 133 Å². The van der Waals surface area contributed by atoms with Crippen molar-refractivity contribution in [2.75, 3.05) is 26.2 Å². The van der Waals surface area contributed by atoms with Gasteiger partial charge in [-0.25, -0.2) is 13.1 Å². The van der Waals surface area contributed by atoms with Crippen molar-refractivity contribution in [3.05, 3.63) is 22.2 Å². The van der Waals surface area contributed by atoms with E-state index < -0.39 is 10.0 Å². The van der Waals surface area contributed by atoms with E-state index in [0.29, 0.717) is 24.8 Å². The minimum Gasteiger partial charge on any atom is -0.492 e. The van der Waals surface area contributed by atoms with Crippen LogP contribution in [0.5, 0.6) is 5.75 Å². The van der Waals surface area contributed by atoms with E-state index >= 15 is 0 Å². The Hall–Kier alpha value is -0.630. The summed E-state index contributed by atoms with van der Waals surface area (Å²) in [6.07, 6.45) is 2.74. The molecule has 0 aromatic heterocycles. The molecule has 0 saturated carbocycles. The van der Waals surface area contributed by atoms with E-state index in [1.165, 1.54) is 0 Å². The minimum atomic E-state index is -3.53. The van der Waals surface area contributed by atoms with Gasteiger partial charge >= 0.3 is 0 Å². The molecule has 3 rings (SSSR count). The molecular formula is C14H19BrN2O3S. The van der Waals surface area contributed by atoms with Crippen LogP contribution < -0.4 is 14.8 Å². The maximum Gasteiger partial charge on any atom is 0.244 e. The zero-order chi connectivity index (χ0) is 14.9. The molecule has 2 aliphatic rings. The lowest BCUT2D eigenvalue weighted by molar-refractivity contribution is 0.348. The number of hydrogen-bond donors (Lipinski definition) is 2. The molecular weight excluding hydrogens is 356 g/mol. The summed E-state index contributed by atoms with van der Waals surface area (Å²) in [6.45, 7) is 3.03. The molecule has 1 atom stereocenters. The quantitative estimate of drug-likeness (QED) is 0.822. The van der Waals surface area contributed by atoms with Gasteiger partial charge in [0, 0.05) is 23.0 Å². The first-order chi connectivity index (χ1) is 10.1. The predicted octanol–water partition coefficient (Wildman–Crippen LogP) is 1.66. The second-order valence-corrected chi connectivity index (χ2v) is 8.19. The van der Waals surface area contributed by atoms with Gasteiger partial charge in [0.1, 0.15) is 10.6 Å². The Kier molecular flexibility index (Phi) is 4.54. The third-order valence-electron chi connectivity index (χ3n) is 4.01. The van der Waals surface area contributed by atoms with E-state index in [1.54, 1.807) is 6.07 Å². The van der Waals surface area contributed by atoms with Gasteiger partial charge < -0.3 is 10.1 Å². The third kappa shape index (κ3) is 3.41. The summed E-state index contributed by atoms with van der Waals surface area (Å²) in [4.78, 5) is 0.244. The normalized spacial score (nSPS) is 21.3. The zero-order valence-electron chi connectivity index (χ0n) is 11.7. The monoisotopic (exact) mass is 374 g/mol. The van der Waals surface area contributed by atoms with E-state index in [9.17, 15) is 8.42 Å². The summed E-state index contributed by atoms with van der Waals surface area (Å²) in [5.41, 5.74) is 0.949. The van der Waals surface area contributed by atoms with Crippen molar-refractivity contribution in [2.24, 2.45) is 5.92 Å². The average Bonchev–Trinajstić information content (AvgIpc) is 3.08. The van der Waals surface area contributed by atoms with Crippen molar-refractivity contribution in [3.63, 3.8) is 0 Å². The lowest BCUT2D eigenvalue weighted by Gasteiger charge is -2.12. The Morgan fingerprint density at radius 1 is 1.43 bits per heavy atom. The molecule has 7 heteroatoms. The number of hydrogen-bond acceptors (Lipinski definition) is 4. The van der Waals surface area contributed by atoms with Gasteiger partial charge in [-0.1, -0.05) is 15.9 Å². The molecule has 21 heavy (non-hydrogen) atoms. The van der Waals surface area contributed by atoms with Crippen LogP contribution in [-0.4, -0.2) is 34.7 Å². The maximum atomic E-state index is 12.5. The number of ether oxygens (including phenoxy) is 1. The van der Waals surface area contributed by atoms with E-state index in [-0.39, 0.29) is 4.90 Å². The summed E-state index contributed by atoms with van der Waals surface area (Å²) < 4.78 is 34.0. The fraction of sp³-hybridized carbons (Fsp3) is 0.571. The Morgan fingerprint density at radius 2 is 2.29 bits per heavy atom. The second kappa shape index (κ2) is 6.24.